The van der Waals surface area contributed by atoms with Gasteiger partial charge in [0, 0.05) is 0 Å². The summed E-state index contributed by atoms with van der Waals surface area (Å²) in [5.74, 6) is 0.811. The molecule has 148 valence electrons. The molecule has 0 bridgehead atoms. The van der Waals surface area contributed by atoms with E-state index < -0.39 is 0 Å². The number of rotatable bonds is 4. The predicted molar refractivity (Wildman–Crippen MR) is 125 cm³/mol. The van der Waals surface area contributed by atoms with E-state index in [9.17, 15) is 4.79 Å². The second kappa shape index (κ2) is 8.06. The molecular weight excluding hydrogens is 435 g/mol. The minimum absolute atomic E-state index is 0.140. The average molecular weight is 457 g/mol. The van der Waals surface area contributed by atoms with Crippen LogP contribution >= 0.6 is 0 Å². The van der Waals surface area contributed by atoms with Gasteiger partial charge in [0.15, 0.2) is 0 Å². The van der Waals surface area contributed by atoms with Crippen molar-refractivity contribution in [3.8, 4) is 0 Å². The molecule has 1 aliphatic heterocycles. The van der Waals surface area contributed by atoms with E-state index in [1.807, 2.05) is 24.3 Å². The number of fused-ring (bicyclic) bond motifs is 3. The van der Waals surface area contributed by atoms with Crippen molar-refractivity contribution in [3.63, 3.8) is 0 Å². The Hall–Kier alpha value is -2.94. The molecule has 0 N–H and O–H groups in total. The Balaban J connectivity index is 1.36. The second-order valence-electron chi connectivity index (χ2n) is 7.67. The number of aryl methyl sites for hydroxylation is 2. The molecule has 2 heterocycles. The SMILES string of the molecule is Cc1ccc(C[Se]c2ccc(/C=C3/CCn4c3nc(=O)c3ccccc34)cc2)cc1. The molecule has 0 atom stereocenters. The zero-order chi connectivity index (χ0) is 20.5. The predicted octanol–water partition coefficient (Wildman–Crippen LogP) is 4.18. The first-order valence-corrected chi connectivity index (χ1v) is 12.2. The summed E-state index contributed by atoms with van der Waals surface area (Å²) in [5.41, 5.74) is 5.84. The van der Waals surface area contributed by atoms with E-state index in [2.05, 4.69) is 71.1 Å². The zero-order valence-corrected chi connectivity index (χ0v) is 18.6. The zero-order valence-electron chi connectivity index (χ0n) is 16.8. The van der Waals surface area contributed by atoms with Gasteiger partial charge in [-0.2, -0.15) is 0 Å². The van der Waals surface area contributed by atoms with E-state index in [1.165, 1.54) is 15.6 Å². The molecule has 3 nitrogen and oxygen atoms in total. The third-order valence-electron chi connectivity index (χ3n) is 5.53. The number of hydrogen-bond donors (Lipinski definition) is 0. The molecule has 0 saturated heterocycles. The summed E-state index contributed by atoms with van der Waals surface area (Å²) in [6.07, 6.45) is 3.08. The van der Waals surface area contributed by atoms with Crippen molar-refractivity contribution in [2.75, 3.05) is 0 Å². The normalized spacial score (nSPS) is 14.4. The first-order chi connectivity index (χ1) is 14.7. The van der Waals surface area contributed by atoms with E-state index >= 15 is 0 Å². The molecule has 0 spiro atoms. The summed E-state index contributed by atoms with van der Waals surface area (Å²) >= 11 is 0.425. The van der Waals surface area contributed by atoms with Crippen molar-refractivity contribution in [1.29, 1.82) is 0 Å². The Bertz CT molecular complexity index is 1300. The van der Waals surface area contributed by atoms with E-state index in [1.54, 1.807) is 0 Å². The molecule has 30 heavy (non-hydrogen) atoms. The van der Waals surface area contributed by atoms with Crippen LogP contribution in [0.15, 0.2) is 77.6 Å². The minimum atomic E-state index is -0.140. The standard InChI is InChI=1S/C26H22N2OSe/c1-18-6-8-20(9-7-18)17-30-22-12-10-19(11-13-22)16-21-14-15-28-24-5-3-2-4-23(24)26(29)27-25(21)28/h2-13,16H,14-15,17H2,1H3/b21-16-. The van der Waals surface area contributed by atoms with Crippen LogP contribution in [-0.2, 0) is 11.9 Å². The summed E-state index contributed by atoms with van der Waals surface area (Å²) in [6, 6.07) is 25.4. The van der Waals surface area contributed by atoms with Gasteiger partial charge in [0.05, 0.1) is 0 Å². The van der Waals surface area contributed by atoms with E-state index in [0.29, 0.717) is 20.3 Å². The Morgan fingerprint density at radius 1 is 1.00 bits per heavy atom. The summed E-state index contributed by atoms with van der Waals surface area (Å²) in [7, 11) is 0. The number of nitrogens with zero attached hydrogens (tertiary/aromatic N) is 2. The maximum atomic E-state index is 12.4. The average Bonchev–Trinajstić information content (AvgIpc) is 3.17. The fraction of sp³-hybridized carbons (Fsp3) is 0.154. The first-order valence-electron chi connectivity index (χ1n) is 10.2. The van der Waals surface area contributed by atoms with Gasteiger partial charge in [0.25, 0.3) is 0 Å². The summed E-state index contributed by atoms with van der Waals surface area (Å²) in [6.45, 7) is 2.99. The van der Waals surface area contributed by atoms with Gasteiger partial charge in [0.1, 0.15) is 0 Å². The number of hydrogen-bond acceptors (Lipinski definition) is 2. The quantitative estimate of drug-likeness (QED) is 0.431. The summed E-state index contributed by atoms with van der Waals surface area (Å²) in [4.78, 5) is 16.8. The Labute approximate surface area is 182 Å². The van der Waals surface area contributed by atoms with E-state index in [-0.39, 0.29) is 5.56 Å². The van der Waals surface area contributed by atoms with Gasteiger partial charge in [-0.25, -0.2) is 0 Å². The first kappa shape index (κ1) is 19.0. The van der Waals surface area contributed by atoms with E-state index in [0.717, 1.165) is 40.8 Å². The van der Waals surface area contributed by atoms with Crippen molar-refractivity contribution >= 4 is 42.0 Å². The van der Waals surface area contributed by atoms with Gasteiger partial charge >= 0.3 is 182 Å². The fourth-order valence-electron chi connectivity index (χ4n) is 3.89. The van der Waals surface area contributed by atoms with Crippen molar-refractivity contribution in [2.45, 2.75) is 25.2 Å². The molecule has 1 aliphatic rings. The van der Waals surface area contributed by atoms with Crippen molar-refractivity contribution in [2.24, 2.45) is 0 Å². The molecule has 3 aromatic carbocycles. The summed E-state index contributed by atoms with van der Waals surface area (Å²) in [5, 5.41) is 1.81. The molecule has 5 rings (SSSR count). The van der Waals surface area contributed by atoms with Crippen LogP contribution in [0.1, 0.15) is 28.9 Å². The van der Waals surface area contributed by atoms with Crippen LogP contribution in [0.4, 0.5) is 0 Å². The molecular formula is C26H22N2OSe. The maximum absolute atomic E-state index is 12.4. The van der Waals surface area contributed by atoms with Crippen LogP contribution < -0.4 is 10.0 Å². The molecule has 0 aliphatic carbocycles. The second-order valence-corrected chi connectivity index (χ2v) is 9.87. The van der Waals surface area contributed by atoms with Crippen LogP contribution in [0.25, 0.3) is 22.6 Å². The number of aromatic nitrogens is 2. The number of allylic oxidation sites excluding steroid dienone is 1. The summed E-state index contributed by atoms with van der Waals surface area (Å²) < 4.78 is 3.57. The van der Waals surface area contributed by atoms with Crippen LogP contribution in [0.3, 0.4) is 0 Å². The fourth-order valence-corrected chi connectivity index (χ4v) is 5.68. The Morgan fingerprint density at radius 2 is 1.77 bits per heavy atom. The molecule has 4 heteroatoms. The van der Waals surface area contributed by atoms with Crippen LogP contribution in [0.2, 0.25) is 0 Å². The molecule has 0 unspecified atom stereocenters. The van der Waals surface area contributed by atoms with Crippen LogP contribution in [0, 0.1) is 6.92 Å². The third kappa shape index (κ3) is 3.77. The monoisotopic (exact) mass is 458 g/mol. The van der Waals surface area contributed by atoms with Crippen LogP contribution in [0.5, 0.6) is 0 Å². The molecule has 0 saturated carbocycles. The van der Waals surface area contributed by atoms with Gasteiger partial charge in [-0.1, -0.05) is 0 Å². The molecule has 0 radical (unpaired) electrons. The van der Waals surface area contributed by atoms with Gasteiger partial charge in [-0.3, -0.25) is 0 Å². The third-order valence-corrected chi connectivity index (χ3v) is 7.80. The number of para-hydroxylation sites is 1. The Morgan fingerprint density at radius 3 is 2.57 bits per heavy atom. The topological polar surface area (TPSA) is 34.9 Å². The van der Waals surface area contributed by atoms with Crippen LogP contribution in [-0.4, -0.2) is 24.5 Å². The van der Waals surface area contributed by atoms with Gasteiger partial charge < -0.3 is 0 Å². The molecule has 0 fully saturated rings. The van der Waals surface area contributed by atoms with Crippen molar-refractivity contribution in [3.05, 3.63) is 106 Å². The van der Waals surface area contributed by atoms with Gasteiger partial charge in [-0.05, 0) is 0 Å². The van der Waals surface area contributed by atoms with Crippen molar-refractivity contribution in [1.82, 2.24) is 9.55 Å². The van der Waals surface area contributed by atoms with Gasteiger partial charge in [0.2, 0.25) is 0 Å². The van der Waals surface area contributed by atoms with E-state index in [4.69, 9.17) is 0 Å². The Kier molecular flexibility index (Phi) is 5.12. The molecule has 4 aromatic rings. The van der Waals surface area contributed by atoms with Crippen molar-refractivity contribution < 1.29 is 0 Å². The van der Waals surface area contributed by atoms with Gasteiger partial charge in [-0.15, -0.1) is 0 Å². The molecule has 1 aromatic heterocycles. The molecule has 0 amide bonds. The number of benzene rings is 3.